The summed E-state index contributed by atoms with van der Waals surface area (Å²) in [5.74, 6) is -0.233. The fourth-order valence-electron chi connectivity index (χ4n) is 1.57. The van der Waals surface area contributed by atoms with Gasteiger partial charge in [-0.15, -0.1) is 0 Å². The summed E-state index contributed by atoms with van der Waals surface area (Å²) >= 11 is 1.04. The number of hydrogen-bond acceptors (Lipinski definition) is 5. The summed E-state index contributed by atoms with van der Waals surface area (Å²) in [6.07, 6.45) is -2.33. The number of aliphatic hydroxyl groups is 2. The normalized spacial score (nSPS) is 13.6. The van der Waals surface area contributed by atoms with Crippen LogP contribution in [-0.2, 0) is 4.79 Å². The van der Waals surface area contributed by atoms with Crippen LogP contribution in [0.1, 0.15) is 30.6 Å². The van der Waals surface area contributed by atoms with Gasteiger partial charge in [0.25, 0.3) is 0 Å². The lowest BCUT2D eigenvalue weighted by atomic mass is 9.98. The molecule has 1 aromatic rings. The molecule has 0 saturated heterocycles. The van der Waals surface area contributed by atoms with E-state index in [9.17, 15) is 19.4 Å². The monoisotopic (exact) mass is 283 g/mol. The van der Waals surface area contributed by atoms with Crippen LogP contribution in [0.5, 0.6) is 0 Å². The molecule has 6 heteroatoms. The van der Waals surface area contributed by atoms with E-state index in [1.54, 1.807) is 0 Å². The number of nitrogens with zero attached hydrogens (tertiary/aromatic N) is 1. The average Bonchev–Trinajstić information content (AvgIpc) is 2.37. The van der Waals surface area contributed by atoms with Gasteiger partial charge < -0.3 is 10.2 Å². The third kappa shape index (κ3) is 4.63. The van der Waals surface area contributed by atoms with Gasteiger partial charge in [-0.3, -0.25) is 4.79 Å². The molecular formula is C13H14FNO3S. The molecule has 0 aliphatic rings. The van der Waals surface area contributed by atoms with E-state index in [1.165, 1.54) is 13.0 Å². The number of carbonyl (C=O) groups is 1. The Morgan fingerprint density at radius 2 is 2.21 bits per heavy atom. The molecule has 0 fully saturated rings. The maximum atomic E-state index is 13.1. The maximum Gasteiger partial charge on any atom is 0.185 e. The molecule has 4 nitrogen and oxygen atoms in total. The highest BCUT2D eigenvalue weighted by molar-refractivity contribution is 8.13. The zero-order valence-corrected chi connectivity index (χ0v) is 11.2. The Kier molecular flexibility index (Phi) is 5.96. The van der Waals surface area contributed by atoms with E-state index in [0.717, 1.165) is 23.9 Å². The lowest BCUT2D eigenvalue weighted by Crippen LogP contribution is -2.20. The summed E-state index contributed by atoms with van der Waals surface area (Å²) in [5.41, 5.74) is 0.176. The highest BCUT2D eigenvalue weighted by atomic mass is 32.2. The molecule has 19 heavy (non-hydrogen) atoms. The predicted octanol–water partition coefficient (Wildman–Crippen LogP) is 1.76. The molecule has 0 bridgehead atoms. The van der Waals surface area contributed by atoms with Gasteiger partial charge in [-0.05, 0) is 24.6 Å². The summed E-state index contributed by atoms with van der Waals surface area (Å²) < 4.78 is 13.1. The molecule has 0 saturated carbocycles. The van der Waals surface area contributed by atoms with Crippen molar-refractivity contribution in [1.29, 1.82) is 5.26 Å². The van der Waals surface area contributed by atoms with Crippen LogP contribution in [0.15, 0.2) is 18.2 Å². The first-order valence-corrected chi connectivity index (χ1v) is 6.63. The van der Waals surface area contributed by atoms with Gasteiger partial charge in [-0.1, -0.05) is 11.8 Å². The van der Waals surface area contributed by atoms with Crippen molar-refractivity contribution in [3.63, 3.8) is 0 Å². The molecule has 0 aliphatic heterocycles. The van der Waals surface area contributed by atoms with Crippen LogP contribution >= 0.6 is 11.8 Å². The topological polar surface area (TPSA) is 81.3 Å². The predicted molar refractivity (Wildman–Crippen MR) is 69.8 cm³/mol. The number of rotatable bonds is 5. The Labute approximate surface area is 114 Å². The lowest BCUT2D eigenvalue weighted by Gasteiger charge is -2.18. The quantitative estimate of drug-likeness (QED) is 0.860. The van der Waals surface area contributed by atoms with Crippen LogP contribution in [0, 0.1) is 17.1 Å². The second-order valence-electron chi connectivity index (χ2n) is 3.98. The van der Waals surface area contributed by atoms with E-state index >= 15 is 0 Å². The molecule has 0 radical (unpaired) electrons. The lowest BCUT2D eigenvalue weighted by molar-refractivity contribution is -0.109. The number of aliphatic hydroxyl groups excluding tert-OH is 2. The standard InChI is InChI=1S/C13H14FNO3S/c1-8(16)19-5-4-12(17)13(18)11-6-10(14)3-2-9(11)7-15/h2-3,6,12-13,17-18H,4-5H2,1H3. The Morgan fingerprint density at radius 3 is 2.79 bits per heavy atom. The molecule has 1 rings (SSSR count). The molecule has 0 amide bonds. The minimum atomic E-state index is -1.35. The second kappa shape index (κ2) is 7.24. The van der Waals surface area contributed by atoms with Crippen LogP contribution in [0.3, 0.4) is 0 Å². The van der Waals surface area contributed by atoms with Crippen molar-refractivity contribution in [1.82, 2.24) is 0 Å². The van der Waals surface area contributed by atoms with E-state index in [0.29, 0.717) is 5.75 Å². The third-order valence-corrected chi connectivity index (χ3v) is 3.38. The fraction of sp³-hybridized carbons (Fsp3) is 0.385. The van der Waals surface area contributed by atoms with Crippen molar-refractivity contribution in [2.45, 2.75) is 25.6 Å². The molecule has 0 spiro atoms. The first-order chi connectivity index (χ1) is 8.95. The van der Waals surface area contributed by atoms with E-state index in [1.807, 2.05) is 6.07 Å². The smallest absolute Gasteiger partial charge is 0.185 e. The highest BCUT2D eigenvalue weighted by Gasteiger charge is 2.21. The average molecular weight is 283 g/mol. The molecule has 2 atom stereocenters. The second-order valence-corrected chi connectivity index (χ2v) is 5.26. The minimum absolute atomic E-state index is 0.0582. The van der Waals surface area contributed by atoms with Crippen molar-refractivity contribution in [2.24, 2.45) is 0 Å². The van der Waals surface area contributed by atoms with Crippen molar-refractivity contribution in [2.75, 3.05) is 5.75 Å². The number of benzene rings is 1. The van der Waals surface area contributed by atoms with Crippen LogP contribution in [-0.4, -0.2) is 27.2 Å². The Hall–Kier alpha value is -1.42. The summed E-state index contributed by atoms with van der Waals surface area (Å²) in [6.45, 7) is 1.41. The van der Waals surface area contributed by atoms with Crippen molar-refractivity contribution >= 4 is 16.9 Å². The zero-order valence-electron chi connectivity index (χ0n) is 10.3. The molecule has 2 N–H and O–H groups in total. The number of nitriles is 1. The zero-order chi connectivity index (χ0) is 14.4. The van der Waals surface area contributed by atoms with Crippen LogP contribution in [0.2, 0.25) is 0 Å². The van der Waals surface area contributed by atoms with Crippen molar-refractivity contribution < 1.29 is 19.4 Å². The molecule has 2 unspecified atom stereocenters. The summed E-state index contributed by atoms with van der Waals surface area (Å²) in [4.78, 5) is 10.7. The van der Waals surface area contributed by atoms with Gasteiger partial charge >= 0.3 is 0 Å². The van der Waals surface area contributed by atoms with E-state index < -0.39 is 18.0 Å². The van der Waals surface area contributed by atoms with Crippen LogP contribution in [0.25, 0.3) is 0 Å². The van der Waals surface area contributed by atoms with Gasteiger partial charge in [-0.2, -0.15) is 5.26 Å². The summed E-state index contributed by atoms with van der Waals surface area (Å²) in [5, 5.41) is 28.5. The van der Waals surface area contributed by atoms with Crippen molar-refractivity contribution in [3.05, 3.63) is 35.1 Å². The van der Waals surface area contributed by atoms with E-state index in [-0.39, 0.29) is 22.7 Å². The number of hydrogen-bond donors (Lipinski definition) is 2. The van der Waals surface area contributed by atoms with Gasteiger partial charge in [0.05, 0.1) is 17.7 Å². The molecule has 0 aliphatic carbocycles. The number of carbonyl (C=O) groups excluding carboxylic acids is 1. The van der Waals surface area contributed by atoms with Gasteiger partial charge in [0.1, 0.15) is 11.9 Å². The Morgan fingerprint density at radius 1 is 1.53 bits per heavy atom. The maximum absolute atomic E-state index is 13.1. The van der Waals surface area contributed by atoms with E-state index in [2.05, 4.69) is 0 Å². The fourth-order valence-corrected chi connectivity index (χ4v) is 2.22. The van der Waals surface area contributed by atoms with Gasteiger partial charge in [0.2, 0.25) is 0 Å². The number of thioether (sulfide) groups is 1. The Bertz CT molecular complexity index is 501. The van der Waals surface area contributed by atoms with Gasteiger partial charge in [-0.25, -0.2) is 4.39 Å². The van der Waals surface area contributed by atoms with Gasteiger partial charge in [0.15, 0.2) is 5.12 Å². The van der Waals surface area contributed by atoms with Crippen LogP contribution < -0.4 is 0 Å². The SMILES string of the molecule is CC(=O)SCCC(O)C(O)c1cc(F)ccc1C#N. The Balaban J connectivity index is 2.76. The third-order valence-electron chi connectivity index (χ3n) is 2.54. The minimum Gasteiger partial charge on any atom is -0.390 e. The van der Waals surface area contributed by atoms with Crippen LogP contribution in [0.4, 0.5) is 4.39 Å². The van der Waals surface area contributed by atoms with E-state index in [4.69, 9.17) is 5.26 Å². The summed E-state index contributed by atoms with van der Waals surface area (Å²) in [6, 6.07) is 5.24. The largest absolute Gasteiger partial charge is 0.390 e. The highest BCUT2D eigenvalue weighted by Crippen LogP contribution is 2.24. The summed E-state index contributed by atoms with van der Waals surface area (Å²) in [7, 11) is 0. The molecular weight excluding hydrogens is 269 g/mol. The molecule has 1 aromatic carbocycles. The molecule has 0 aromatic heterocycles. The number of halogens is 1. The first kappa shape index (κ1) is 15.6. The molecule has 102 valence electrons. The van der Waals surface area contributed by atoms with Crippen molar-refractivity contribution in [3.8, 4) is 6.07 Å². The molecule has 0 heterocycles. The van der Waals surface area contributed by atoms with Gasteiger partial charge in [0, 0.05) is 18.2 Å². The first-order valence-electron chi connectivity index (χ1n) is 5.64.